The number of nitrogens with zero attached hydrogens (tertiary/aromatic N) is 1. The number of rotatable bonds is 5. The highest BCUT2D eigenvalue weighted by molar-refractivity contribution is 9.10. The number of carbonyl (C=O) groups is 2. The lowest BCUT2D eigenvalue weighted by Gasteiger charge is -2.09. The van der Waals surface area contributed by atoms with Crippen LogP contribution < -0.4 is 16.8 Å². The van der Waals surface area contributed by atoms with Crippen LogP contribution >= 0.6 is 15.9 Å². The molecular weight excluding hydrogens is 336 g/mol. The number of primary amides is 2. The minimum Gasteiger partial charge on any atom is -0.379 e. The molecule has 0 saturated carbocycles. The van der Waals surface area contributed by atoms with E-state index in [0.717, 1.165) is 10.3 Å². The van der Waals surface area contributed by atoms with E-state index in [1.54, 1.807) is 12.1 Å². The zero-order valence-electron chi connectivity index (χ0n) is 11.0. The Labute approximate surface area is 129 Å². The molecule has 2 aromatic rings. The lowest BCUT2D eigenvalue weighted by molar-refractivity contribution is 0.0999. The Balaban J connectivity index is 2.23. The fraction of sp³-hybridized carbons (Fsp3) is 0.0714. The van der Waals surface area contributed by atoms with Crippen molar-refractivity contribution in [1.29, 1.82) is 0 Å². The Hall–Kier alpha value is -2.41. The summed E-state index contributed by atoms with van der Waals surface area (Å²) in [6, 6.07) is 10.0. The van der Waals surface area contributed by atoms with Gasteiger partial charge >= 0.3 is 0 Å². The van der Waals surface area contributed by atoms with Crippen molar-refractivity contribution in [2.45, 2.75) is 6.54 Å². The van der Waals surface area contributed by atoms with Gasteiger partial charge in [-0.3, -0.25) is 9.59 Å². The summed E-state index contributed by atoms with van der Waals surface area (Å²) >= 11 is 3.29. The number of hydrogen-bond acceptors (Lipinski definition) is 4. The van der Waals surface area contributed by atoms with Crippen molar-refractivity contribution >= 4 is 33.4 Å². The van der Waals surface area contributed by atoms with Crippen LogP contribution in [0.2, 0.25) is 0 Å². The smallest absolute Gasteiger partial charge is 0.248 e. The molecule has 0 saturated heterocycles. The molecule has 0 bridgehead atoms. The largest absolute Gasteiger partial charge is 0.379 e. The number of carbonyl (C=O) groups excluding carboxylic acids is 2. The van der Waals surface area contributed by atoms with E-state index in [2.05, 4.69) is 26.2 Å². The van der Waals surface area contributed by atoms with E-state index in [0.29, 0.717) is 12.2 Å². The molecule has 5 N–H and O–H groups in total. The number of aromatic nitrogens is 1. The van der Waals surface area contributed by atoms with Gasteiger partial charge in [-0.2, -0.15) is 0 Å². The molecule has 2 rings (SSSR count). The first-order chi connectivity index (χ1) is 9.95. The standard InChI is InChI=1S/C14H13BrN4O2/c15-12-3-1-2-10(19-12)7-18-11-5-8(13(16)20)4-9(6-11)14(17)21/h1-6,18H,7H2,(H2,16,20)(H2,17,21). The lowest BCUT2D eigenvalue weighted by Crippen LogP contribution is -2.16. The molecule has 0 aliphatic rings. The SMILES string of the molecule is NC(=O)c1cc(NCc2cccc(Br)n2)cc(C(N)=O)c1. The molecule has 0 unspecified atom stereocenters. The normalized spacial score (nSPS) is 10.1. The van der Waals surface area contributed by atoms with Crippen LogP contribution in [-0.2, 0) is 6.54 Å². The van der Waals surface area contributed by atoms with Gasteiger partial charge in [0.1, 0.15) is 4.60 Å². The fourth-order valence-corrected chi connectivity index (χ4v) is 2.14. The molecule has 0 aliphatic carbocycles. The molecule has 0 spiro atoms. The van der Waals surface area contributed by atoms with E-state index in [9.17, 15) is 9.59 Å². The first-order valence-electron chi connectivity index (χ1n) is 6.05. The number of nitrogens with two attached hydrogens (primary N) is 2. The maximum atomic E-state index is 11.3. The van der Waals surface area contributed by atoms with Gasteiger partial charge in [-0.25, -0.2) is 4.98 Å². The Morgan fingerprint density at radius 1 is 1.10 bits per heavy atom. The Bertz CT molecular complexity index is 671. The van der Waals surface area contributed by atoms with Crippen molar-refractivity contribution in [3.05, 3.63) is 57.8 Å². The second kappa shape index (κ2) is 6.36. The van der Waals surface area contributed by atoms with Gasteiger partial charge in [0.05, 0.1) is 12.2 Å². The van der Waals surface area contributed by atoms with Gasteiger partial charge < -0.3 is 16.8 Å². The molecule has 0 atom stereocenters. The second-order valence-electron chi connectivity index (χ2n) is 4.33. The van der Waals surface area contributed by atoms with E-state index in [1.807, 2.05) is 18.2 Å². The van der Waals surface area contributed by atoms with E-state index >= 15 is 0 Å². The van der Waals surface area contributed by atoms with Crippen molar-refractivity contribution in [3.8, 4) is 0 Å². The zero-order chi connectivity index (χ0) is 15.4. The minimum absolute atomic E-state index is 0.219. The summed E-state index contributed by atoms with van der Waals surface area (Å²) in [7, 11) is 0. The van der Waals surface area contributed by atoms with Gasteiger partial charge in [0, 0.05) is 16.8 Å². The first-order valence-corrected chi connectivity index (χ1v) is 6.85. The maximum absolute atomic E-state index is 11.3. The van der Waals surface area contributed by atoms with Gasteiger partial charge in [-0.1, -0.05) is 6.07 Å². The van der Waals surface area contributed by atoms with E-state index in [4.69, 9.17) is 11.5 Å². The first kappa shape index (κ1) is 15.0. The molecule has 108 valence electrons. The van der Waals surface area contributed by atoms with E-state index in [-0.39, 0.29) is 11.1 Å². The number of halogens is 1. The summed E-state index contributed by atoms with van der Waals surface area (Å²) in [5.74, 6) is -1.25. The van der Waals surface area contributed by atoms with Crippen LogP contribution in [0.1, 0.15) is 26.4 Å². The minimum atomic E-state index is -0.623. The van der Waals surface area contributed by atoms with Crippen LogP contribution in [0.3, 0.4) is 0 Å². The van der Waals surface area contributed by atoms with Crippen LogP contribution in [0.25, 0.3) is 0 Å². The third-order valence-corrected chi connectivity index (χ3v) is 3.19. The summed E-state index contributed by atoms with van der Waals surface area (Å²) in [5, 5.41) is 3.08. The zero-order valence-corrected chi connectivity index (χ0v) is 12.6. The molecule has 2 amide bonds. The lowest BCUT2D eigenvalue weighted by atomic mass is 10.1. The number of nitrogens with one attached hydrogen (secondary N) is 1. The second-order valence-corrected chi connectivity index (χ2v) is 5.15. The van der Waals surface area contributed by atoms with Crippen molar-refractivity contribution < 1.29 is 9.59 Å². The van der Waals surface area contributed by atoms with Crippen molar-refractivity contribution in [1.82, 2.24) is 4.98 Å². The van der Waals surface area contributed by atoms with E-state index < -0.39 is 11.8 Å². The number of anilines is 1. The summed E-state index contributed by atoms with van der Waals surface area (Å²) < 4.78 is 0.727. The monoisotopic (exact) mass is 348 g/mol. The summed E-state index contributed by atoms with van der Waals surface area (Å²) in [6.07, 6.45) is 0. The van der Waals surface area contributed by atoms with Crippen molar-refractivity contribution in [2.24, 2.45) is 11.5 Å². The third-order valence-electron chi connectivity index (χ3n) is 2.75. The molecule has 7 heteroatoms. The molecule has 1 heterocycles. The quantitative estimate of drug-likeness (QED) is 0.713. The molecule has 0 radical (unpaired) electrons. The van der Waals surface area contributed by atoms with Gasteiger partial charge in [-0.05, 0) is 46.3 Å². The van der Waals surface area contributed by atoms with Gasteiger partial charge in [0.25, 0.3) is 0 Å². The third kappa shape index (κ3) is 4.03. The molecule has 6 nitrogen and oxygen atoms in total. The van der Waals surface area contributed by atoms with Crippen LogP contribution in [-0.4, -0.2) is 16.8 Å². The Morgan fingerprint density at radius 2 is 1.71 bits per heavy atom. The summed E-state index contributed by atoms with van der Waals surface area (Å²) in [6.45, 7) is 0.430. The van der Waals surface area contributed by atoms with Gasteiger partial charge in [0.2, 0.25) is 11.8 Å². The molecular formula is C14H13BrN4O2. The number of amides is 2. The summed E-state index contributed by atoms with van der Waals surface area (Å²) in [5.41, 5.74) is 12.3. The van der Waals surface area contributed by atoms with Gasteiger partial charge in [-0.15, -0.1) is 0 Å². The van der Waals surface area contributed by atoms with Crippen molar-refractivity contribution in [3.63, 3.8) is 0 Å². The van der Waals surface area contributed by atoms with Crippen LogP contribution in [0.15, 0.2) is 41.0 Å². The maximum Gasteiger partial charge on any atom is 0.248 e. The molecule has 0 fully saturated rings. The van der Waals surface area contributed by atoms with Crippen molar-refractivity contribution in [2.75, 3.05) is 5.32 Å². The van der Waals surface area contributed by atoms with E-state index in [1.165, 1.54) is 6.07 Å². The number of hydrogen-bond donors (Lipinski definition) is 3. The Kier molecular flexibility index (Phi) is 4.54. The highest BCUT2D eigenvalue weighted by Crippen LogP contribution is 2.16. The number of benzene rings is 1. The molecule has 1 aromatic carbocycles. The van der Waals surface area contributed by atoms with Crippen LogP contribution in [0, 0.1) is 0 Å². The molecule has 21 heavy (non-hydrogen) atoms. The molecule has 1 aromatic heterocycles. The number of pyridine rings is 1. The van der Waals surface area contributed by atoms with Crippen LogP contribution in [0.5, 0.6) is 0 Å². The highest BCUT2D eigenvalue weighted by atomic mass is 79.9. The Morgan fingerprint density at radius 3 is 2.24 bits per heavy atom. The predicted octanol–water partition coefficient (Wildman–Crippen LogP) is 1.65. The van der Waals surface area contributed by atoms with Gasteiger partial charge in [0.15, 0.2) is 0 Å². The molecule has 0 aliphatic heterocycles. The fourth-order valence-electron chi connectivity index (χ4n) is 1.76. The average molecular weight is 349 g/mol. The summed E-state index contributed by atoms with van der Waals surface area (Å²) in [4.78, 5) is 26.8. The average Bonchev–Trinajstić information content (AvgIpc) is 2.45. The highest BCUT2D eigenvalue weighted by Gasteiger charge is 2.09. The topological polar surface area (TPSA) is 111 Å². The van der Waals surface area contributed by atoms with Crippen LogP contribution in [0.4, 0.5) is 5.69 Å². The predicted molar refractivity (Wildman–Crippen MR) is 82.7 cm³/mol.